The summed E-state index contributed by atoms with van der Waals surface area (Å²) in [5.74, 6) is -0.443. The molecule has 0 aliphatic rings. The number of carbonyl (C=O) groups is 1. The number of nitrogens with zero attached hydrogens (tertiary/aromatic N) is 3. The lowest BCUT2D eigenvalue weighted by atomic mass is 10.1. The molecule has 1 aromatic heterocycles. The minimum absolute atomic E-state index is 0.00157. The summed E-state index contributed by atoms with van der Waals surface area (Å²) in [7, 11) is 0. The second-order valence-electron chi connectivity index (χ2n) is 5.55. The minimum atomic E-state index is -0.445. The van der Waals surface area contributed by atoms with Crippen molar-refractivity contribution in [2.45, 2.75) is 20.3 Å². The Hall–Kier alpha value is -2.86. The van der Waals surface area contributed by atoms with E-state index in [1.807, 2.05) is 25.1 Å². The molecule has 0 saturated heterocycles. The van der Waals surface area contributed by atoms with Crippen LogP contribution in [0, 0.1) is 6.92 Å². The predicted octanol–water partition coefficient (Wildman–Crippen LogP) is 3.75. The highest BCUT2D eigenvalue weighted by molar-refractivity contribution is 6.32. The molecular weight excluding hydrogens is 340 g/mol. The van der Waals surface area contributed by atoms with Crippen LogP contribution in [0.4, 0.5) is 5.69 Å². The Balaban J connectivity index is 1.91. The molecule has 2 aromatic carbocycles. The Kier molecular flexibility index (Phi) is 4.72. The number of phenols is 1. The number of amides is 1. The molecule has 1 amide bonds. The molecule has 6 nitrogen and oxygen atoms in total. The minimum Gasteiger partial charge on any atom is -0.506 e. The molecule has 0 aliphatic heterocycles. The SMILES string of the molecule is CCc1ccc(O)c(NC(=O)c2nnn(-c3ccccc3Cl)c2C)c1. The number of anilines is 1. The van der Waals surface area contributed by atoms with Crippen molar-refractivity contribution in [3.63, 3.8) is 0 Å². The maximum absolute atomic E-state index is 12.5. The zero-order chi connectivity index (χ0) is 18.0. The van der Waals surface area contributed by atoms with Crippen LogP contribution in [-0.4, -0.2) is 26.0 Å². The number of hydrogen-bond donors (Lipinski definition) is 2. The number of hydrogen-bond acceptors (Lipinski definition) is 4. The van der Waals surface area contributed by atoms with Gasteiger partial charge in [0, 0.05) is 0 Å². The van der Waals surface area contributed by atoms with E-state index < -0.39 is 5.91 Å². The molecule has 128 valence electrons. The number of halogens is 1. The summed E-state index contributed by atoms with van der Waals surface area (Å²) < 4.78 is 1.51. The highest BCUT2D eigenvalue weighted by Crippen LogP contribution is 2.26. The van der Waals surface area contributed by atoms with Crippen LogP contribution in [0.3, 0.4) is 0 Å². The van der Waals surface area contributed by atoms with Gasteiger partial charge in [-0.05, 0) is 43.2 Å². The normalized spacial score (nSPS) is 10.7. The summed E-state index contributed by atoms with van der Waals surface area (Å²) in [5.41, 5.74) is 2.71. The number of aromatic hydroxyl groups is 1. The second-order valence-corrected chi connectivity index (χ2v) is 5.95. The Labute approximate surface area is 150 Å². The zero-order valence-electron chi connectivity index (χ0n) is 13.8. The maximum atomic E-state index is 12.5. The van der Waals surface area contributed by atoms with E-state index in [-0.39, 0.29) is 11.4 Å². The van der Waals surface area contributed by atoms with Crippen molar-refractivity contribution in [3.05, 3.63) is 64.4 Å². The van der Waals surface area contributed by atoms with Gasteiger partial charge >= 0.3 is 0 Å². The Morgan fingerprint density at radius 3 is 2.76 bits per heavy atom. The van der Waals surface area contributed by atoms with Crippen molar-refractivity contribution in [3.8, 4) is 11.4 Å². The molecule has 7 heteroatoms. The van der Waals surface area contributed by atoms with Gasteiger partial charge in [0.25, 0.3) is 5.91 Å². The maximum Gasteiger partial charge on any atom is 0.278 e. The number of phenolic OH excluding ortho intramolecular Hbond substituents is 1. The summed E-state index contributed by atoms with van der Waals surface area (Å²) in [6.07, 6.45) is 0.796. The van der Waals surface area contributed by atoms with E-state index in [2.05, 4.69) is 15.6 Å². The number of carbonyl (C=O) groups excluding carboxylic acids is 1. The smallest absolute Gasteiger partial charge is 0.278 e. The molecule has 3 rings (SSSR count). The number of benzene rings is 2. The molecule has 0 bridgehead atoms. The molecule has 2 N–H and O–H groups in total. The van der Waals surface area contributed by atoms with E-state index in [0.29, 0.717) is 22.1 Å². The van der Waals surface area contributed by atoms with Crippen LogP contribution in [0.15, 0.2) is 42.5 Å². The van der Waals surface area contributed by atoms with Crippen molar-refractivity contribution in [2.24, 2.45) is 0 Å². The summed E-state index contributed by atoms with van der Waals surface area (Å²) in [6.45, 7) is 3.73. The molecule has 25 heavy (non-hydrogen) atoms. The first-order valence-electron chi connectivity index (χ1n) is 7.81. The van der Waals surface area contributed by atoms with E-state index in [1.54, 1.807) is 31.2 Å². The van der Waals surface area contributed by atoms with E-state index in [9.17, 15) is 9.90 Å². The van der Waals surface area contributed by atoms with Gasteiger partial charge in [-0.15, -0.1) is 5.10 Å². The lowest BCUT2D eigenvalue weighted by Gasteiger charge is -2.09. The zero-order valence-corrected chi connectivity index (χ0v) is 14.6. The van der Waals surface area contributed by atoms with Gasteiger partial charge < -0.3 is 10.4 Å². The Morgan fingerprint density at radius 2 is 2.04 bits per heavy atom. The average molecular weight is 357 g/mol. The van der Waals surface area contributed by atoms with Crippen molar-refractivity contribution in [1.29, 1.82) is 0 Å². The predicted molar refractivity (Wildman–Crippen MR) is 96.5 cm³/mol. The van der Waals surface area contributed by atoms with Crippen molar-refractivity contribution < 1.29 is 9.90 Å². The van der Waals surface area contributed by atoms with Crippen LogP contribution < -0.4 is 5.32 Å². The first kappa shape index (κ1) is 17.0. The molecule has 0 unspecified atom stereocenters. The van der Waals surface area contributed by atoms with Crippen molar-refractivity contribution in [2.75, 3.05) is 5.32 Å². The highest BCUT2D eigenvalue weighted by Gasteiger charge is 2.19. The first-order valence-corrected chi connectivity index (χ1v) is 8.19. The van der Waals surface area contributed by atoms with Crippen molar-refractivity contribution >= 4 is 23.2 Å². The van der Waals surface area contributed by atoms with Crippen LogP contribution in [0.2, 0.25) is 5.02 Å². The largest absolute Gasteiger partial charge is 0.506 e. The van der Waals surface area contributed by atoms with Crippen LogP contribution in [0.5, 0.6) is 5.75 Å². The summed E-state index contributed by atoms with van der Waals surface area (Å²) in [4.78, 5) is 12.5. The Bertz CT molecular complexity index is 937. The van der Waals surface area contributed by atoms with Gasteiger partial charge in [0.15, 0.2) is 5.69 Å². The van der Waals surface area contributed by atoms with Gasteiger partial charge in [-0.1, -0.05) is 41.9 Å². The fourth-order valence-electron chi connectivity index (χ4n) is 2.48. The van der Waals surface area contributed by atoms with Gasteiger partial charge in [-0.2, -0.15) is 0 Å². The average Bonchev–Trinajstić information content (AvgIpc) is 2.98. The first-order chi connectivity index (χ1) is 12.0. The van der Waals surface area contributed by atoms with E-state index >= 15 is 0 Å². The van der Waals surface area contributed by atoms with Crippen LogP contribution in [0.25, 0.3) is 5.69 Å². The summed E-state index contributed by atoms with van der Waals surface area (Å²) >= 11 is 6.18. The van der Waals surface area contributed by atoms with Gasteiger partial charge in [-0.3, -0.25) is 4.79 Å². The van der Waals surface area contributed by atoms with Crippen LogP contribution in [0.1, 0.15) is 28.7 Å². The summed E-state index contributed by atoms with van der Waals surface area (Å²) in [6, 6.07) is 12.3. The van der Waals surface area contributed by atoms with E-state index in [1.165, 1.54) is 4.68 Å². The van der Waals surface area contributed by atoms with E-state index in [4.69, 9.17) is 11.6 Å². The van der Waals surface area contributed by atoms with Gasteiger partial charge in [0.05, 0.1) is 22.1 Å². The molecule has 0 fully saturated rings. The monoisotopic (exact) mass is 356 g/mol. The van der Waals surface area contributed by atoms with Crippen LogP contribution in [-0.2, 0) is 6.42 Å². The molecule has 0 radical (unpaired) electrons. The molecular formula is C18H17ClN4O2. The van der Waals surface area contributed by atoms with Crippen LogP contribution >= 0.6 is 11.6 Å². The number of nitrogens with one attached hydrogen (secondary N) is 1. The quantitative estimate of drug-likeness (QED) is 0.698. The fraction of sp³-hybridized carbons (Fsp3) is 0.167. The van der Waals surface area contributed by atoms with Crippen molar-refractivity contribution in [1.82, 2.24) is 15.0 Å². The molecule has 3 aromatic rings. The number of aromatic nitrogens is 3. The standard InChI is InChI=1S/C18H17ClN4O2/c1-3-12-8-9-16(24)14(10-12)20-18(25)17-11(2)23(22-21-17)15-7-5-4-6-13(15)19/h4-10,24H,3H2,1-2H3,(H,20,25). The number of para-hydroxylation sites is 1. The third-order valence-electron chi connectivity index (χ3n) is 3.91. The molecule has 0 atom stereocenters. The topological polar surface area (TPSA) is 80.0 Å². The fourth-order valence-corrected chi connectivity index (χ4v) is 2.69. The second kappa shape index (κ2) is 6.94. The number of rotatable bonds is 4. The third-order valence-corrected chi connectivity index (χ3v) is 4.23. The molecule has 0 spiro atoms. The lowest BCUT2D eigenvalue weighted by Crippen LogP contribution is -2.14. The van der Waals surface area contributed by atoms with Gasteiger partial charge in [-0.25, -0.2) is 4.68 Å². The Morgan fingerprint density at radius 1 is 1.28 bits per heavy atom. The lowest BCUT2D eigenvalue weighted by molar-refractivity contribution is 0.102. The van der Waals surface area contributed by atoms with Gasteiger partial charge in [0.2, 0.25) is 0 Å². The number of aryl methyl sites for hydroxylation is 1. The summed E-state index contributed by atoms with van der Waals surface area (Å²) in [5, 5.41) is 21.1. The van der Waals surface area contributed by atoms with Gasteiger partial charge in [0.1, 0.15) is 5.75 Å². The third kappa shape index (κ3) is 3.34. The molecule has 1 heterocycles. The molecule has 0 aliphatic carbocycles. The highest BCUT2D eigenvalue weighted by atomic mass is 35.5. The van der Waals surface area contributed by atoms with E-state index in [0.717, 1.165) is 12.0 Å². The molecule has 0 saturated carbocycles.